The first-order valence-corrected chi connectivity index (χ1v) is 4.67. The fraction of sp³-hybridized carbons (Fsp3) is 0.400. The van der Waals surface area contributed by atoms with Crippen LogP contribution < -0.4 is 9.47 Å². The third kappa shape index (κ3) is 3.02. The predicted octanol–water partition coefficient (Wildman–Crippen LogP) is 2.08. The number of ether oxygens (including phenoxy) is 3. The van der Waals surface area contributed by atoms with E-state index in [1.54, 1.807) is 0 Å². The lowest BCUT2D eigenvalue weighted by molar-refractivity contribution is -0.275. The van der Waals surface area contributed by atoms with E-state index in [9.17, 15) is 18.0 Å². The standard InChI is InChI=1S/C10H10F3NO4/c1-5-7(16-2)8(18-10(11,12)13)6(4-14-5)9(15)17-3/h4H,1-3H3. The molecule has 0 spiro atoms. The van der Waals surface area contributed by atoms with Gasteiger partial charge in [0.15, 0.2) is 11.5 Å². The Bertz CT molecular complexity index is 459. The van der Waals surface area contributed by atoms with Gasteiger partial charge in [-0.1, -0.05) is 0 Å². The number of methoxy groups -OCH3 is 2. The molecule has 0 aromatic carbocycles. The molecule has 0 N–H and O–H groups in total. The fourth-order valence-corrected chi connectivity index (χ4v) is 1.28. The second-order valence-electron chi connectivity index (χ2n) is 3.16. The average Bonchev–Trinajstić information content (AvgIpc) is 2.26. The Morgan fingerprint density at radius 2 is 1.89 bits per heavy atom. The zero-order valence-corrected chi connectivity index (χ0v) is 9.79. The molecule has 0 aliphatic heterocycles. The van der Waals surface area contributed by atoms with Crippen LogP contribution in [0, 0.1) is 6.92 Å². The Kier molecular flexibility index (Phi) is 4.00. The highest BCUT2D eigenvalue weighted by Gasteiger charge is 2.35. The van der Waals surface area contributed by atoms with Crippen LogP contribution in [0.1, 0.15) is 16.1 Å². The molecule has 0 amide bonds. The molecule has 0 aliphatic carbocycles. The Balaban J connectivity index is 3.39. The minimum absolute atomic E-state index is 0.157. The maximum Gasteiger partial charge on any atom is 0.573 e. The number of esters is 1. The van der Waals surface area contributed by atoms with Crippen LogP contribution in [0.4, 0.5) is 13.2 Å². The van der Waals surface area contributed by atoms with Gasteiger partial charge in [-0.05, 0) is 6.92 Å². The van der Waals surface area contributed by atoms with Gasteiger partial charge in [0.1, 0.15) is 5.56 Å². The van der Waals surface area contributed by atoms with Crippen molar-refractivity contribution in [3.05, 3.63) is 17.5 Å². The summed E-state index contributed by atoms with van der Waals surface area (Å²) >= 11 is 0. The molecule has 0 saturated heterocycles. The molecule has 0 unspecified atom stereocenters. The van der Waals surface area contributed by atoms with Crippen molar-refractivity contribution in [1.82, 2.24) is 4.98 Å². The van der Waals surface area contributed by atoms with Crippen LogP contribution in [0.2, 0.25) is 0 Å². The summed E-state index contributed by atoms with van der Waals surface area (Å²) in [6.07, 6.45) is -4.02. The van der Waals surface area contributed by atoms with Crippen LogP contribution >= 0.6 is 0 Å². The smallest absolute Gasteiger partial charge is 0.491 e. The Morgan fingerprint density at radius 1 is 1.28 bits per heavy atom. The molecular formula is C10H10F3NO4. The summed E-state index contributed by atoms with van der Waals surface area (Å²) in [5.41, 5.74) is -0.304. The molecule has 1 aromatic heterocycles. The van der Waals surface area contributed by atoms with Crippen LogP contribution in [0.3, 0.4) is 0 Å². The number of aryl methyl sites for hydroxylation is 1. The molecule has 18 heavy (non-hydrogen) atoms. The van der Waals surface area contributed by atoms with Gasteiger partial charge in [0.2, 0.25) is 0 Å². The predicted molar refractivity (Wildman–Crippen MR) is 53.5 cm³/mol. The lowest BCUT2D eigenvalue weighted by Crippen LogP contribution is -2.20. The first-order valence-electron chi connectivity index (χ1n) is 4.67. The summed E-state index contributed by atoms with van der Waals surface area (Å²) in [6.45, 7) is 1.42. The molecule has 0 bridgehead atoms. The van der Waals surface area contributed by atoms with Gasteiger partial charge < -0.3 is 14.2 Å². The number of aromatic nitrogens is 1. The van der Waals surface area contributed by atoms with E-state index in [1.165, 1.54) is 6.92 Å². The second-order valence-corrected chi connectivity index (χ2v) is 3.16. The van der Waals surface area contributed by atoms with E-state index < -0.39 is 23.6 Å². The van der Waals surface area contributed by atoms with Crippen molar-refractivity contribution in [2.45, 2.75) is 13.3 Å². The highest BCUT2D eigenvalue weighted by Crippen LogP contribution is 2.37. The topological polar surface area (TPSA) is 57.7 Å². The molecular weight excluding hydrogens is 255 g/mol. The number of carbonyl (C=O) groups excluding carboxylic acids is 1. The van der Waals surface area contributed by atoms with Gasteiger partial charge in [0.05, 0.1) is 19.9 Å². The highest BCUT2D eigenvalue weighted by molar-refractivity contribution is 5.93. The second kappa shape index (κ2) is 5.11. The van der Waals surface area contributed by atoms with Crippen molar-refractivity contribution < 1.29 is 32.2 Å². The van der Waals surface area contributed by atoms with E-state index in [2.05, 4.69) is 14.5 Å². The van der Waals surface area contributed by atoms with Gasteiger partial charge >= 0.3 is 12.3 Å². The van der Waals surface area contributed by atoms with Crippen molar-refractivity contribution in [3.8, 4) is 11.5 Å². The van der Waals surface area contributed by atoms with E-state index in [0.717, 1.165) is 20.4 Å². The summed E-state index contributed by atoms with van der Waals surface area (Å²) in [4.78, 5) is 15.1. The van der Waals surface area contributed by atoms with Crippen molar-refractivity contribution in [2.24, 2.45) is 0 Å². The monoisotopic (exact) mass is 265 g/mol. The van der Waals surface area contributed by atoms with Gasteiger partial charge in [-0.3, -0.25) is 4.98 Å². The van der Waals surface area contributed by atoms with Crippen LogP contribution in [-0.2, 0) is 4.74 Å². The minimum atomic E-state index is -4.95. The zero-order chi connectivity index (χ0) is 13.9. The van der Waals surface area contributed by atoms with Crippen LogP contribution in [0.5, 0.6) is 11.5 Å². The number of halogens is 3. The molecule has 1 aromatic rings. The van der Waals surface area contributed by atoms with Gasteiger partial charge in [0, 0.05) is 6.20 Å². The number of hydrogen-bond acceptors (Lipinski definition) is 5. The van der Waals surface area contributed by atoms with E-state index in [4.69, 9.17) is 4.74 Å². The Morgan fingerprint density at radius 3 is 2.33 bits per heavy atom. The van der Waals surface area contributed by atoms with Gasteiger partial charge in [-0.2, -0.15) is 0 Å². The summed E-state index contributed by atoms with van der Waals surface area (Å²) in [6, 6.07) is 0. The molecule has 100 valence electrons. The summed E-state index contributed by atoms with van der Waals surface area (Å²) < 4.78 is 49.8. The van der Waals surface area contributed by atoms with Crippen molar-refractivity contribution >= 4 is 5.97 Å². The zero-order valence-electron chi connectivity index (χ0n) is 9.79. The fourth-order valence-electron chi connectivity index (χ4n) is 1.28. The van der Waals surface area contributed by atoms with Gasteiger partial charge in [0.25, 0.3) is 0 Å². The van der Waals surface area contributed by atoms with Crippen molar-refractivity contribution in [2.75, 3.05) is 14.2 Å². The number of nitrogens with zero attached hydrogens (tertiary/aromatic N) is 1. The number of rotatable bonds is 3. The number of alkyl halides is 3. The molecule has 1 heterocycles. The molecule has 5 nitrogen and oxygen atoms in total. The summed E-state index contributed by atoms with van der Waals surface area (Å²) in [5.74, 6) is -2.03. The lowest BCUT2D eigenvalue weighted by atomic mass is 10.2. The minimum Gasteiger partial charge on any atom is -0.491 e. The lowest BCUT2D eigenvalue weighted by Gasteiger charge is -2.16. The Hall–Kier alpha value is -1.99. The van der Waals surface area contributed by atoms with Crippen LogP contribution in [-0.4, -0.2) is 31.5 Å². The first kappa shape index (κ1) is 14.1. The molecule has 0 radical (unpaired) electrons. The summed E-state index contributed by atoms with van der Waals surface area (Å²) in [5, 5.41) is 0. The van der Waals surface area contributed by atoms with Gasteiger partial charge in [-0.25, -0.2) is 4.79 Å². The SMILES string of the molecule is COC(=O)c1cnc(C)c(OC)c1OC(F)(F)F. The third-order valence-electron chi connectivity index (χ3n) is 1.99. The normalized spacial score (nSPS) is 11.0. The summed E-state index contributed by atoms with van der Waals surface area (Å²) in [7, 11) is 2.18. The molecule has 8 heteroatoms. The molecule has 0 aliphatic rings. The first-order chi connectivity index (χ1) is 8.30. The average molecular weight is 265 g/mol. The number of carbonyl (C=O) groups is 1. The highest BCUT2D eigenvalue weighted by atomic mass is 19.4. The van der Waals surface area contributed by atoms with E-state index in [0.29, 0.717) is 0 Å². The van der Waals surface area contributed by atoms with Crippen LogP contribution in [0.25, 0.3) is 0 Å². The maximum absolute atomic E-state index is 12.3. The quantitative estimate of drug-likeness (QED) is 0.783. The number of hydrogen-bond donors (Lipinski definition) is 0. The van der Waals surface area contributed by atoms with Gasteiger partial charge in [-0.15, -0.1) is 13.2 Å². The molecule has 0 fully saturated rings. The maximum atomic E-state index is 12.3. The van der Waals surface area contributed by atoms with Crippen LogP contribution in [0.15, 0.2) is 6.20 Å². The molecule has 0 saturated carbocycles. The van der Waals surface area contributed by atoms with E-state index >= 15 is 0 Å². The molecule has 1 rings (SSSR count). The van der Waals surface area contributed by atoms with E-state index in [1.807, 2.05) is 0 Å². The number of pyridine rings is 1. The third-order valence-corrected chi connectivity index (χ3v) is 1.99. The Labute approximate surface area is 100 Å². The van der Waals surface area contributed by atoms with E-state index in [-0.39, 0.29) is 11.4 Å². The van der Waals surface area contributed by atoms with Crippen molar-refractivity contribution in [1.29, 1.82) is 0 Å². The van der Waals surface area contributed by atoms with Crippen molar-refractivity contribution in [3.63, 3.8) is 0 Å². The largest absolute Gasteiger partial charge is 0.573 e. The molecule has 0 atom stereocenters.